The Kier molecular flexibility index (Phi) is 5.04. The third kappa shape index (κ3) is 4.07. The molecule has 1 heterocycles. The van der Waals surface area contributed by atoms with E-state index in [4.69, 9.17) is 4.74 Å². The largest absolute Gasteiger partial charge is 0.508 e. The van der Waals surface area contributed by atoms with Crippen LogP contribution in [0.1, 0.15) is 35.7 Å². The molecule has 0 bridgehead atoms. The number of carbonyl (C=O) groups excluding carboxylic acids is 1. The summed E-state index contributed by atoms with van der Waals surface area (Å²) in [6, 6.07) is 14.2. The minimum Gasteiger partial charge on any atom is -0.508 e. The molecule has 0 radical (unpaired) electrons. The number of piperidine rings is 1. The van der Waals surface area contributed by atoms with Crippen molar-refractivity contribution in [2.24, 2.45) is 5.92 Å². The Morgan fingerprint density at radius 1 is 1.08 bits per heavy atom. The first-order valence-corrected chi connectivity index (χ1v) is 8.42. The monoisotopic (exact) mass is 325 g/mol. The van der Waals surface area contributed by atoms with Gasteiger partial charge in [-0.1, -0.05) is 19.1 Å². The van der Waals surface area contributed by atoms with Gasteiger partial charge in [0.25, 0.3) is 5.91 Å². The fraction of sp³-hybridized carbons (Fsp3) is 0.350. The van der Waals surface area contributed by atoms with E-state index in [1.807, 2.05) is 29.2 Å². The molecule has 0 atom stereocenters. The molecule has 0 aromatic heterocycles. The molecule has 2 aromatic carbocycles. The number of phenolic OH excluding ortho intramolecular Hbond substituents is 1. The van der Waals surface area contributed by atoms with Crippen molar-refractivity contribution in [3.8, 4) is 11.5 Å². The highest BCUT2D eigenvalue weighted by Crippen LogP contribution is 2.20. The molecule has 2 aromatic rings. The third-order valence-corrected chi connectivity index (χ3v) is 4.51. The first-order valence-electron chi connectivity index (χ1n) is 8.42. The molecule has 0 spiro atoms. The van der Waals surface area contributed by atoms with Crippen molar-refractivity contribution in [1.82, 2.24) is 4.90 Å². The van der Waals surface area contributed by atoms with Gasteiger partial charge in [-0.25, -0.2) is 0 Å². The second-order valence-electron chi connectivity index (χ2n) is 6.45. The van der Waals surface area contributed by atoms with Gasteiger partial charge in [-0.05, 0) is 60.7 Å². The van der Waals surface area contributed by atoms with E-state index in [0.717, 1.165) is 37.1 Å². The summed E-state index contributed by atoms with van der Waals surface area (Å²) >= 11 is 0. The number of hydrogen-bond acceptors (Lipinski definition) is 3. The number of benzene rings is 2. The number of phenols is 1. The summed E-state index contributed by atoms with van der Waals surface area (Å²) < 4.78 is 5.67. The van der Waals surface area contributed by atoms with Gasteiger partial charge >= 0.3 is 0 Å². The topological polar surface area (TPSA) is 49.8 Å². The van der Waals surface area contributed by atoms with Crippen LogP contribution in [-0.2, 0) is 6.61 Å². The van der Waals surface area contributed by atoms with Crippen LogP contribution in [0, 0.1) is 5.92 Å². The molecule has 0 aliphatic carbocycles. The molecule has 1 saturated heterocycles. The quantitative estimate of drug-likeness (QED) is 0.929. The molecule has 4 heteroatoms. The Labute approximate surface area is 142 Å². The molecule has 0 saturated carbocycles. The van der Waals surface area contributed by atoms with Gasteiger partial charge in [0.05, 0.1) is 0 Å². The van der Waals surface area contributed by atoms with Gasteiger partial charge in [0.2, 0.25) is 0 Å². The van der Waals surface area contributed by atoms with Crippen molar-refractivity contribution >= 4 is 5.91 Å². The average molecular weight is 325 g/mol. The summed E-state index contributed by atoms with van der Waals surface area (Å²) in [5.74, 6) is 1.76. The third-order valence-electron chi connectivity index (χ3n) is 4.51. The highest BCUT2D eigenvalue weighted by molar-refractivity contribution is 5.94. The standard InChI is InChI=1S/C20H23NO3/c1-15-10-12-21(13-11-15)20(23)17-4-2-16(3-5-17)14-24-19-8-6-18(22)7-9-19/h2-9,15,22H,10-14H2,1H3. The van der Waals surface area contributed by atoms with Crippen LogP contribution in [0.4, 0.5) is 0 Å². The highest BCUT2D eigenvalue weighted by atomic mass is 16.5. The van der Waals surface area contributed by atoms with Gasteiger partial charge in [0.1, 0.15) is 18.1 Å². The molecule has 126 valence electrons. The van der Waals surface area contributed by atoms with Crippen LogP contribution in [0.5, 0.6) is 11.5 Å². The summed E-state index contributed by atoms with van der Waals surface area (Å²) in [7, 11) is 0. The van der Waals surface area contributed by atoms with E-state index in [-0.39, 0.29) is 11.7 Å². The maximum absolute atomic E-state index is 12.5. The number of rotatable bonds is 4. The molecule has 1 N–H and O–H groups in total. The van der Waals surface area contributed by atoms with Crippen molar-refractivity contribution in [2.45, 2.75) is 26.4 Å². The second kappa shape index (κ2) is 7.39. The Bertz CT molecular complexity index is 671. The summed E-state index contributed by atoms with van der Waals surface area (Å²) in [6.45, 7) is 4.38. The summed E-state index contributed by atoms with van der Waals surface area (Å²) in [6.07, 6.45) is 2.18. The van der Waals surface area contributed by atoms with Crippen molar-refractivity contribution in [3.63, 3.8) is 0 Å². The zero-order valence-electron chi connectivity index (χ0n) is 13.9. The van der Waals surface area contributed by atoms with E-state index in [0.29, 0.717) is 18.3 Å². The van der Waals surface area contributed by atoms with Gasteiger partial charge in [-0.3, -0.25) is 4.79 Å². The number of amides is 1. The molecule has 1 aliphatic rings. The Morgan fingerprint density at radius 2 is 1.71 bits per heavy atom. The van der Waals surface area contributed by atoms with E-state index in [9.17, 15) is 9.90 Å². The number of carbonyl (C=O) groups is 1. The number of nitrogens with zero attached hydrogens (tertiary/aromatic N) is 1. The zero-order chi connectivity index (χ0) is 16.9. The van der Waals surface area contributed by atoms with Gasteiger partial charge in [0.15, 0.2) is 0 Å². The van der Waals surface area contributed by atoms with Crippen LogP contribution < -0.4 is 4.74 Å². The van der Waals surface area contributed by atoms with Crippen LogP contribution in [0.2, 0.25) is 0 Å². The maximum Gasteiger partial charge on any atom is 0.253 e. The molecule has 0 unspecified atom stereocenters. The molecule has 1 fully saturated rings. The molecule has 4 nitrogen and oxygen atoms in total. The predicted molar refractivity (Wildman–Crippen MR) is 93.2 cm³/mol. The normalized spacial score (nSPS) is 15.3. The van der Waals surface area contributed by atoms with Crippen LogP contribution >= 0.6 is 0 Å². The lowest BCUT2D eigenvalue weighted by molar-refractivity contribution is 0.0697. The van der Waals surface area contributed by atoms with E-state index in [1.54, 1.807) is 24.3 Å². The fourth-order valence-corrected chi connectivity index (χ4v) is 2.85. The minimum absolute atomic E-state index is 0.118. The highest BCUT2D eigenvalue weighted by Gasteiger charge is 2.21. The maximum atomic E-state index is 12.5. The molecule has 24 heavy (non-hydrogen) atoms. The molecule has 3 rings (SSSR count). The van der Waals surface area contributed by atoms with E-state index >= 15 is 0 Å². The van der Waals surface area contributed by atoms with Gasteiger partial charge < -0.3 is 14.7 Å². The number of likely N-dealkylation sites (tertiary alicyclic amines) is 1. The zero-order valence-corrected chi connectivity index (χ0v) is 13.9. The van der Waals surface area contributed by atoms with Gasteiger partial charge in [0, 0.05) is 18.7 Å². The Balaban J connectivity index is 1.56. The van der Waals surface area contributed by atoms with E-state index in [1.165, 1.54) is 0 Å². The first kappa shape index (κ1) is 16.4. The lowest BCUT2D eigenvalue weighted by Crippen LogP contribution is -2.37. The second-order valence-corrected chi connectivity index (χ2v) is 6.45. The number of ether oxygens (including phenoxy) is 1. The van der Waals surface area contributed by atoms with Gasteiger partial charge in [-0.15, -0.1) is 0 Å². The van der Waals surface area contributed by atoms with Crippen molar-refractivity contribution in [1.29, 1.82) is 0 Å². The lowest BCUT2D eigenvalue weighted by Gasteiger charge is -2.30. The predicted octanol–water partition coefficient (Wildman–Crippen LogP) is 3.84. The van der Waals surface area contributed by atoms with Crippen LogP contribution in [0.25, 0.3) is 0 Å². The minimum atomic E-state index is 0.118. The summed E-state index contributed by atoms with van der Waals surface area (Å²) in [5, 5.41) is 9.25. The summed E-state index contributed by atoms with van der Waals surface area (Å²) in [4.78, 5) is 14.4. The molecule has 1 aliphatic heterocycles. The summed E-state index contributed by atoms with van der Waals surface area (Å²) in [5.41, 5.74) is 1.74. The average Bonchev–Trinajstić information content (AvgIpc) is 2.62. The van der Waals surface area contributed by atoms with Crippen LogP contribution in [0.15, 0.2) is 48.5 Å². The molecular formula is C20H23NO3. The molecular weight excluding hydrogens is 302 g/mol. The SMILES string of the molecule is CC1CCN(C(=O)c2ccc(COc3ccc(O)cc3)cc2)CC1. The van der Waals surface area contributed by atoms with Crippen molar-refractivity contribution < 1.29 is 14.6 Å². The Morgan fingerprint density at radius 3 is 2.33 bits per heavy atom. The van der Waals surface area contributed by atoms with Gasteiger partial charge in [-0.2, -0.15) is 0 Å². The Hall–Kier alpha value is -2.49. The smallest absolute Gasteiger partial charge is 0.253 e. The van der Waals surface area contributed by atoms with Crippen molar-refractivity contribution in [2.75, 3.05) is 13.1 Å². The molecule has 1 amide bonds. The number of aromatic hydroxyl groups is 1. The van der Waals surface area contributed by atoms with Crippen LogP contribution in [-0.4, -0.2) is 29.0 Å². The van der Waals surface area contributed by atoms with Crippen LogP contribution in [0.3, 0.4) is 0 Å². The fourth-order valence-electron chi connectivity index (χ4n) is 2.85. The van der Waals surface area contributed by atoms with Crippen molar-refractivity contribution in [3.05, 3.63) is 59.7 Å². The first-order chi connectivity index (χ1) is 11.6. The van der Waals surface area contributed by atoms with E-state index in [2.05, 4.69) is 6.92 Å². The van der Waals surface area contributed by atoms with E-state index < -0.39 is 0 Å². The number of hydrogen-bond donors (Lipinski definition) is 1. The lowest BCUT2D eigenvalue weighted by atomic mass is 9.98.